The average Bonchev–Trinajstić information content (AvgIpc) is 2.40. The van der Waals surface area contributed by atoms with Gasteiger partial charge in [-0.25, -0.2) is 8.78 Å². The summed E-state index contributed by atoms with van der Waals surface area (Å²) < 4.78 is 26.4. The summed E-state index contributed by atoms with van der Waals surface area (Å²) in [7, 11) is 0. The Bertz CT molecular complexity index is 634. The first-order valence-electron chi connectivity index (χ1n) is 7.83. The van der Waals surface area contributed by atoms with Gasteiger partial charge in [0.25, 0.3) is 0 Å². The van der Waals surface area contributed by atoms with Gasteiger partial charge in [0.15, 0.2) is 11.6 Å². The van der Waals surface area contributed by atoms with Crippen molar-refractivity contribution in [1.82, 2.24) is 0 Å². The molecule has 0 spiro atoms. The Kier molecular flexibility index (Phi) is 3.16. The number of nitrogens with one attached hydrogen (secondary N) is 1. The molecule has 0 saturated heterocycles. The molecule has 1 aromatic rings. The molecule has 4 fully saturated rings. The number of hydrogen-bond acceptors (Lipinski definition) is 1. The molecule has 4 saturated carbocycles. The number of halogens is 3. The van der Waals surface area contributed by atoms with Crippen LogP contribution in [0.15, 0.2) is 18.2 Å². The quantitative estimate of drug-likeness (QED) is 0.756. The summed E-state index contributed by atoms with van der Waals surface area (Å²) in [6.07, 6.45) is 6.24. The second-order valence-electron chi connectivity index (χ2n) is 7.48. The van der Waals surface area contributed by atoms with Gasteiger partial charge in [0.1, 0.15) is 0 Å². The van der Waals surface area contributed by atoms with E-state index in [9.17, 15) is 13.6 Å². The zero-order valence-electron chi connectivity index (χ0n) is 12.2. The molecular weight excluding hydrogens is 352 g/mol. The van der Waals surface area contributed by atoms with E-state index < -0.39 is 11.6 Å². The molecule has 5 heteroatoms. The molecule has 1 amide bonds. The maximum absolute atomic E-state index is 13.3. The Labute approximate surface area is 136 Å². The molecule has 0 aliphatic heterocycles. The van der Waals surface area contributed by atoms with Gasteiger partial charge in [0.05, 0.1) is 5.41 Å². The number of hydrogen-bond donors (Lipinski definition) is 1. The summed E-state index contributed by atoms with van der Waals surface area (Å²) in [6, 6.07) is 3.52. The predicted octanol–water partition coefficient (Wildman–Crippen LogP) is 4.64. The summed E-state index contributed by atoms with van der Waals surface area (Å²) in [6.45, 7) is 0. The van der Waals surface area contributed by atoms with Crippen LogP contribution in [0, 0.1) is 28.9 Å². The normalized spacial score (nSPS) is 39.0. The largest absolute Gasteiger partial charge is 0.326 e. The monoisotopic (exact) mass is 369 g/mol. The van der Waals surface area contributed by atoms with Crippen LogP contribution in [-0.4, -0.2) is 10.2 Å². The average molecular weight is 370 g/mol. The Balaban J connectivity index is 1.58. The van der Waals surface area contributed by atoms with Gasteiger partial charge in [0, 0.05) is 16.1 Å². The third-order valence-electron chi connectivity index (χ3n) is 5.65. The first-order valence-corrected chi connectivity index (χ1v) is 8.62. The molecule has 0 radical (unpaired) electrons. The highest BCUT2D eigenvalue weighted by molar-refractivity contribution is 9.10. The molecule has 2 nitrogen and oxygen atoms in total. The molecule has 4 aliphatic carbocycles. The summed E-state index contributed by atoms with van der Waals surface area (Å²) >= 11 is 3.88. The van der Waals surface area contributed by atoms with Crippen molar-refractivity contribution in [3.8, 4) is 0 Å². The fourth-order valence-corrected chi connectivity index (χ4v) is 6.71. The van der Waals surface area contributed by atoms with Gasteiger partial charge < -0.3 is 5.32 Å². The molecule has 1 aromatic carbocycles. The molecule has 5 rings (SSSR count). The summed E-state index contributed by atoms with van der Waals surface area (Å²) in [5.74, 6) is -0.642. The van der Waals surface area contributed by atoms with Crippen molar-refractivity contribution >= 4 is 27.5 Å². The maximum Gasteiger partial charge on any atom is 0.230 e. The molecule has 4 bridgehead atoms. The SMILES string of the molecule is O=C(Nc1ccc(F)c(F)c1)C12C[C@@H]3C[C@@H](CC(Br)(C3)C1)C2. The minimum absolute atomic E-state index is 0.0311. The summed E-state index contributed by atoms with van der Waals surface area (Å²) in [4.78, 5) is 12.9. The van der Waals surface area contributed by atoms with Gasteiger partial charge in [-0.1, -0.05) is 15.9 Å². The minimum atomic E-state index is -0.930. The van der Waals surface area contributed by atoms with Gasteiger partial charge in [-0.3, -0.25) is 4.79 Å². The molecule has 4 atom stereocenters. The molecule has 4 aliphatic rings. The third-order valence-corrected chi connectivity index (χ3v) is 6.58. The van der Waals surface area contributed by atoms with Crippen LogP contribution in [0.2, 0.25) is 0 Å². The third kappa shape index (κ3) is 2.29. The lowest BCUT2D eigenvalue weighted by molar-refractivity contribution is -0.138. The first kappa shape index (κ1) is 14.6. The smallest absolute Gasteiger partial charge is 0.230 e. The van der Waals surface area contributed by atoms with Gasteiger partial charge >= 0.3 is 0 Å². The van der Waals surface area contributed by atoms with Gasteiger partial charge in [-0.05, 0) is 62.5 Å². The van der Waals surface area contributed by atoms with Crippen LogP contribution in [0.4, 0.5) is 14.5 Å². The number of benzene rings is 1. The van der Waals surface area contributed by atoms with Crippen molar-refractivity contribution in [3.63, 3.8) is 0 Å². The van der Waals surface area contributed by atoms with Crippen LogP contribution in [0.25, 0.3) is 0 Å². The van der Waals surface area contributed by atoms with Crippen molar-refractivity contribution in [2.75, 3.05) is 5.32 Å². The van der Waals surface area contributed by atoms with E-state index >= 15 is 0 Å². The highest BCUT2D eigenvalue weighted by Crippen LogP contribution is 2.64. The molecule has 0 heterocycles. The highest BCUT2D eigenvalue weighted by atomic mass is 79.9. The maximum atomic E-state index is 13.3. The van der Waals surface area contributed by atoms with Crippen LogP contribution in [0.1, 0.15) is 38.5 Å². The summed E-state index contributed by atoms with van der Waals surface area (Å²) in [5.41, 5.74) is -0.0124. The number of alkyl halides is 1. The molecular formula is C17H18BrF2NO. The zero-order chi connectivity index (χ0) is 15.5. The molecule has 0 aromatic heterocycles. The minimum Gasteiger partial charge on any atom is -0.326 e. The predicted molar refractivity (Wildman–Crippen MR) is 83.8 cm³/mol. The van der Waals surface area contributed by atoms with E-state index in [2.05, 4.69) is 21.2 Å². The Morgan fingerprint density at radius 3 is 2.41 bits per heavy atom. The highest BCUT2D eigenvalue weighted by Gasteiger charge is 2.59. The fraction of sp³-hybridized carbons (Fsp3) is 0.588. The second-order valence-corrected chi connectivity index (χ2v) is 9.16. The van der Waals surface area contributed by atoms with E-state index in [1.807, 2.05) is 0 Å². The Hall–Kier alpha value is -0.970. The van der Waals surface area contributed by atoms with Gasteiger partial charge in [0.2, 0.25) is 5.91 Å². The van der Waals surface area contributed by atoms with Crippen LogP contribution >= 0.6 is 15.9 Å². The zero-order valence-corrected chi connectivity index (χ0v) is 13.8. The topological polar surface area (TPSA) is 29.1 Å². The van der Waals surface area contributed by atoms with Gasteiger partial charge in [-0.2, -0.15) is 0 Å². The molecule has 1 N–H and O–H groups in total. The van der Waals surface area contributed by atoms with E-state index in [1.165, 1.54) is 12.5 Å². The van der Waals surface area contributed by atoms with Gasteiger partial charge in [-0.15, -0.1) is 0 Å². The van der Waals surface area contributed by atoms with E-state index in [0.29, 0.717) is 17.5 Å². The molecule has 118 valence electrons. The van der Waals surface area contributed by atoms with Crippen LogP contribution < -0.4 is 5.32 Å². The Morgan fingerprint density at radius 1 is 1.14 bits per heavy atom. The molecule has 22 heavy (non-hydrogen) atoms. The van der Waals surface area contributed by atoms with Crippen LogP contribution in [0.3, 0.4) is 0 Å². The van der Waals surface area contributed by atoms with Crippen molar-refractivity contribution in [3.05, 3.63) is 29.8 Å². The van der Waals surface area contributed by atoms with Crippen LogP contribution in [-0.2, 0) is 4.79 Å². The van der Waals surface area contributed by atoms with Crippen LogP contribution in [0.5, 0.6) is 0 Å². The number of carbonyl (C=O) groups is 1. The first-order chi connectivity index (χ1) is 10.4. The summed E-state index contributed by atoms with van der Waals surface area (Å²) in [5, 5.41) is 2.82. The number of carbonyl (C=O) groups excluding carboxylic acids is 1. The van der Waals surface area contributed by atoms with E-state index in [-0.39, 0.29) is 15.6 Å². The number of amides is 1. The fourth-order valence-electron chi connectivity index (χ4n) is 5.25. The van der Waals surface area contributed by atoms with Crippen molar-refractivity contribution in [1.29, 1.82) is 0 Å². The van der Waals surface area contributed by atoms with Crippen molar-refractivity contribution < 1.29 is 13.6 Å². The van der Waals surface area contributed by atoms with Crippen molar-refractivity contribution in [2.45, 2.75) is 42.8 Å². The lowest BCUT2D eigenvalue weighted by Gasteiger charge is -2.59. The number of anilines is 1. The Morgan fingerprint density at radius 2 is 1.82 bits per heavy atom. The van der Waals surface area contributed by atoms with E-state index in [1.54, 1.807) is 0 Å². The lowest BCUT2D eigenvalue weighted by atomic mass is 9.49. The van der Waals surface area contributed by atoms with E-state index in [0.717, 1.165) is 44.2 Å². The molecule has 2 unspecified atom stereocenters. The van der Waals surface area contributed by atoms with Crippen molar-refractivity contribution in [2.24, 2.45) is 17.3 Å². The standard InChI is InChI=1S/C17H18BrF2NO/c18-17-7-10-3-11(8-17)6-16(5-10,9-17)15(22)21-12-1-2-13(19)14(20)4-12/h1-2,4,10-11H,3,5-9H2,(H,21,22)/t10-,11+,16?,17?. The lowest BCUT2D eigenvalue weighted by Crippen LogP contribution is -2.57. The number of rotatable bonds is 2. The van der Waals surface area contributed by atoms with E-state index in [4.69, 9.17) is 0 Å². The second kappa shape index (κ2) is 4.76.